The van der Waals surface area contributed by atoms with Crippen molar-refractivity contribution in [3.8, 4) is 0 Å². The number of rotatable bonds is 3. The van der Waals surface area contributed by atoms with E-state index in [9.17, 15) is 9.59 Å². The van der Waals surface area contributed by atoms with Crippen molar-refractivity contribution in [2.45, 2.75) is 19.7 Å². The maximum absolute atomic E-state index is 12.1. The summed E-state index contributed by atoms with van der Waals surface area (Å²) < 4.78 is 7.06. The summed E-state index contributed by atoms with van der Waals surface area (Å²) in [6.45, 7) is 1.70. The van der Waals surface area contributed by atoms with Crippen LogP contribution in [0, 0.1) is 0 Å². The molecule has 0 radical (unpaired) electrons. The van der Waals surface area contributed by atoms with Gasteiger partial charge in [0.1, 0.15) is 6.61 Å². The van der Waals surface area contributed by atoms with Crippen LogP contribution in [-0.2, 0) is 24.4 Å². The van der Waals surface area contributed by atoms with E-state index in [4.69, 9.17) is 4.74 Å². The first kappa shape index (κ1) is 13.4. The Balaban J connectivity index is 1.63. The van der Waals surface area contributed by atoms with Crippen LogP contribution in [0.2, 0.25) is 0 Å². The third kappa shape index (κ3) is 2.79. The normalized spacial score (nSPS) is 13.6. The molecule has 6 heteroatoms. The van der Waals surface area contributed by atoms with E-state index in [1.165, 1.54) is 6.20 Å². The van der Waals surface area contributed by atoms with Gasteiger partial charge >= 0.3 is 6.09 Å². The molecule has 1 aromatic heterocycles. The van der Waals surface area contributed by atoms with Gasteiger partial charge in [-0.1, -0.05) is 30.3 Å². The van der Waals surface area contributed by atoms with Crippen LogP contribution < -0.4 is 0 Å². The van der Waals surface area contributed by atoms with Crippen LogP contribution in [0.1, 0.15) is 21.6 Å². The van der Waals surface area contributed by atoms with Crippen molar-refractivity contribution in [2.75, 3.05) is 6.54 Å². The van der Waals surface area contributed by atoms with Gasteiger partial charge < -0.3 is 9.64 Å². The van der Waals surface area contributed by atoms with Gasteiger partial charge in [0.05, 0.1) is 30.5 Å². The van der Waals surface area contributed by atoms with Crippen molar-refractivity contribution in [2.24, 2.45) is 0 Å². The molecule has 1 aliphatic heterocycles. The van der Waals surface area contributed by atoms with Crippen LogP contribution in [0.15, 0.2) is 36.5 Å². The number of fused-ring (bicyclic) bond motifs is 1. The van der Waals surface area contributed by atoms with Crippen LogP contribution in [0.25, 0.3) is 0 Å². The van der Waals surface area contributed by atoms with E-state index in [1.807, 2.05) is 30.3 Å². The number of benzene rings is 1. The number of carbonyl (C=O) groups excluding carboxylic acids is 2. The number of hydrogen-bond donors (Lipinski definition) is 0. The molecule has 2 heterocycles. The molecule has 2 aromatic rings. The summed E-state index contributed by atoms with van der Waals surface area (Å²) in [5.41, 5.74) is 2.23. The van der Waals surface area contributed by atoms with Gasteiger partial charge in [0, 0.05) is 6.54 Å². The van der Waals surface area contributed by atoms with Gasteiger partial charge in [-0.3, -0.25) is 9.48 Å². The van der Waals surface area contributed by atoms with Gasteiger partial charge in [0.25, 0.3) is 0 Å². The lowest BCUT2D eigenvalue weighted by molar-refractivity contribution is 0.0854. The summed E-state index contributed by atoms with van der Waals surface area (Å²) in [4.78, 5) is 24.6. The molecular weight excluding hydrogens is 270 g/mol. The average molecular weight is 285 g/mol. The first-order chi connectivity index (χ1) is 10.3. The van der Waals surface area contributed by atoms with Crippen molar-refractivity contribution >= 4 is 12.4 Å². The zero-order valence-corrected chi connectivity index (χ0v) is 11.4. The molecule has 3 rings (SSSR count). The van der Waals surface area contributed by atoms with Gasteiger partial charge in [-0.05, 0) is 5.56 Å². The minimum atomic E-state index is -0.372. The SMILES string of the molecule is O=Cc1cnn2c1CN(C(=O)OCc1ccccc1)CC2. The Kier molecular flexibility index (Phi) is 3.68. The number of aromatic nitrogens is 2. The summed E-state index contributed by atoms with van der Waals surface area (Å²) in [5, 5.41) is 4.12. The second-order valence-corrected chi connectivity index (χ2v) is 4.85. The van der Waals surface area contributed by atoms with E-state index in [0.29, 0.717) is 25.2 Å². The Morgan fingerprint density at radius 2 is 2.10 bits per heavy atom. The average Bonchev–Trinajstić information content (AvgIpc) is 2.95. The molecule has 1 amide bonds. The number of aldehydes is 1. The lowest BCUT2D eigenvalue weighted by Crippen LogP contribution is -2.39. The van der Waals surface area contributed by atoms with Gasteiger partial charge in [0.15, 0.2) is 6.29 Å². The lowest BCUT2D eigenvalue weighted by Gasteiger charge is -2.27. The second kappa shape index (κ2) is 5.78. The molecular formula is C15H15N3O3. The molecule has 0 aliphatic carbocycles. The van der Waals surface area contributed by atoms with Crippen LogP contribution in [0.4, 0.5) is 4.79 Å². The predicted octanol–water partition coefficient (Wildman–Crippen LogP) is 1.85. The Morgan fingerprint density at radius 3 is 2.86 bits per heavy atom. The van der Waals surface area contributed by atoms with E-state index in [2.05, 4.69) is 5.10 Å². The Bertz CT molecular complexity index is 651. The highest BCUT2D eigenvalue weighted by molar-refractivity contribution is 5.76. The van der Waals surface area contributed by atoms with E-state index in [0.717, 1.165) is 17.5 Å². The number of ether oxygens (including phenoxy) is 1. The highest BCUT2D eigenvalue weighted by atomic mass is 16.6. The third-order valence-electron chi connectivity index (χ3n) is 3.49. The molecule has 108 valence electrons. The topological polar surface area (TPSA) is 64.4 Å². The summed E-state index contributed by atoms with van der Waals surface area (Å²) in [5.74, 6) is 0. The zero-order chi connectivity index (χ0) is 14.7. The van der Waals surface area contributed by atoms with Crippen LogP contribution in [0.3, 0.4) is 0 Å². The summed E-state index contributed by atoms with van der Waals surface area (Å²) in [6, 6.07) is 9.53. The molecule has 0 saturated heterocycles. The summed E-state index contributed by atoms with van der Waals surface area (Å²) in [7, 11) is 0. The second-order valence-electron chi connectivity index (χ2n) is 4.85. The standard InChI is InChI=1S/C15H15N3O3/c19-10-13-8-16-18-7-6-17(9-14(13)18)15(20)21-11-12-4-2-1-3-5-12/h1-5,8,10H,6-7,9,11H2. The lowest BCUT2D eigenvalue weighted by atomic mass is 10.2. The molecule has 6 nitrogen and oxygen atoms in total. The van der Waals surface area contributed by atoms with Crippen molar-refractivity contribution in [1.82, 2.24) is 14.7 Å². The predicted molar refractivity (Wildman–Crippen MR) is 74.7 cm³/mol. The first-order valence-electron chi connectivity index (χ1n) is 6.73. The van der Waals surface area contributed by atoms with E-state index in [-0.39, 0.29) is 12.7 Å². The van der Waals surface area contributed by atoms with E-state index in [1.54, 1.807) is 9.58 Å². The molecule has 1 aliphatic rings. The fourth-order valence-corrected chi connectivity index (χ4v) is 2.33. The fraction of sp³-hybridized carbons (Fsp3) is 0.267. The van der Waals surface area contributed by atoms with Crippen molar-refractivity contribution in [3.63, 3.8) is 0 Å². The van der Waals surface area contributed by atoms with E-state index >= 15 is 0 Å². The fourth-order valence-electron chi connectivity index (χ4n) is 2.33. The van der Waals surface area contributed by atoms with Crippen LogP contribution in [-0.4, -0.2) is 33.6 Å². The largest absolute Gasteiger partial charge is 0.445 e. The number of hydrogen-bond acceptors (Lipinski definition) is 4. The molecule has 21 heavy (non-hydrogen) atoms. The van der Waals surface area contributed by atoms with Gasteiger partial charge in [-0.15, -0.1) is 0 Å². The Labute approximate surface area is 121 Å². The first-order valence-corrected chi connectivity index (χ1v) is 6.73. The van der Waals surface area contributed by atoms with Crippen molar-refractivity contribution < 1.29 is 14.3 Å². The molecule has 0 atom stereocenters. The van der Waals surface area contributed by atoms with Gasteiger partial charge in [0.2, 0.25) is 0 Å². The highest BCUT2D eigenvalue weighted by Gasteiger charge is 2.24. The Hall–Kier alpha value is -2.63. The minimum Gasteiger partial charge on any atom is -0.445 e. The molecule has 1 aromatic carbocycles. The van der Waals surface area contributed by atoms with Crippen LogP contribution >= 0.6 is 0 Å². The number of nitrogens with zero attached hydrogens (tertiary/aromatic N) is 3. The molecule has 0 saturated carbocycles. The molecule has 0 N–H and O–H groups in total. The number of carbonyl (C=O) groups is 2. The van der Waals surface area contributed by atoms with Gasteiger partial charge in [-0.2, -0.15) is 5.10 Å². The third-order valence-corrected chi connectivity index (χ3v) is 3.49. The van der Waals surface area contributed by atoms with Crippen LogP contribution in [0.5, 0.6) is 0 Å². The van der Waals surface area contributed by atoms with Crippen molar-refractivity contribution in [1.29, 1.82) is 0 Å². The summed E-state index contributed by atoms with van der Waals surface area (Å²) >= 11 is 0. The molecule has 0 bridgehead atoms. The maximum atomic E-state index is 12.1. The Morgan fingerprint density at radius 1 is 1.29 bits per heavy atom. The van der Waals surface area contributed by atoms with Crippen molar-refractivity contribution in [3.05, 3.63) is 53.3 Å². The summed E-state index contributed by atoms with van der Waals surface area (Å²) in [6.07, 6.45) is 1.92. The molecule has 0 unspecified atom stereocenters. The minimum absolute atomic E-state index is 0.246. The maximum Gasteiger partial charge on any atom is 0.410 e. The smallest absolute Gasteiger partial charge is 0.410 e. The quantitative estimate of drug-likeness (QED) is 0.807. The highest BCUT2D eigenvalue weighted by Crippen LogP contribution is 2.16. The van der Waals surface area contributed by atoms with Gasteiger partial charge in [-0.25, -0.2) is 4.79 Å². The molecule has 0 spiro atoms. The number of amides is 1. The zero-order valence-electron chi connectivity index (χ0n) is 11.4. The molecule has 0 fully saturated rings. The monoisotopic (exact) mass is 285 g/mol. The van der Waals surface area contributed by atoms with E-state index < -0.39 is 0 Å².